The molecule has 2 heterocycles. The monoisotopic (exact) mass is 606 g/mol. The van der Waals surface area contributed by atoms with E-state index in [-0.39, 0.29) is 6.01 Å². The van der Waals surface area contributed by atoms with Crippen LogP contribution in [-0.4, -0.2) is 33.1 Å². The number of nitrogens with zero attached hydrogens (tertiary/aromatic N) is 3. The van der Waals surface area contributed by atoms with Crippen molar-refractivity contribution in [3.05, 3.63) is 126 Å². The SMILES string of the molecule is COc1ccc(CNc2ccc(-c3cccc(Oc4nccc(C(c5ccc(F)cc5)C(C(=O)O)C(C)(C)C)n4)c3)nc2)cc1. The summed E-state index contributed by atoms with van der Waals surface area (Å²) in [7, 11) is 1.65. The van der Waals surface area contributed by atoms with Crippen LogP contribution in [0.25, 0.3) is 11.3 Å². The van der Waals surface area contributed by atoms with Crippen molar-refractivity contribution < 1.29 is 23.8 Å². The zero-order valence-corrected chi connectivity index (χ0v) is 25.6. The van der Waals surface area contributed by atoms with Crippen molar-refractivity contribution in [2.24, 2.45) is 11.3 Å². The van der Waals surface area contributed by atoms with Crippen LogP contribution in [0.2, 0.25) is 0 Å². The smallest absolute Gasteiger partial charge is 0.322 e. The number of nitrogens with one attached hydrogen (secondary N) is 1. The number of carboxylic acids is 1. The molecule has 0 fully saturated rings. The molecule has 0 aliphatic rings. The van der Waals surface area contributed by atoms with Gasteiger partial charge in [-0.2, -0.15) is 4.98 Å². The van der Waals surface area contributed by atoms with Crippen LogP contribution in [0.5, 0.6) is 17.5 Å². The lowest BCUT2D eigenvalue weighted by atomic mass is 9.69. The maximum absolute atomic E-state index is 13.8. The van der Waals surface area contributed by atoms with Gasteiger partial charge in [0, 0.05) is 24.2 Å². The molecule has 2 aromatic heterocycles. The number of pyridine rings is 1. The number of hydrogen-bond acceptors (Lipinski definition) is 7. The third kappa shape index (κ3) is 7.80. The summed E-state index contributed by atoms with van der Waals surface area (Å²) < 4.78 is 25.1. The highest BCUT2D eigenvalue weighted by Gasteiger charge is 2.40. The van der Waals surface area contributed by atoms with Gasteiger partial charge in [0.15, 0.2) is 0 Å². The Morgan fingerprint density at radius 1 is 0.933 bits per heavy atom. The molecule has 0 aliphatic carbocycles. The lowest BCUT2D eigenvalue weighted by Crippen LogP contribution is -2.35. The molecule has 0 bridgehead atoms. The first kappa shape index (κ1) is 31.1. The summed E-state index contributed by atoms with van der Waals surface area (Å²) in [6, 6.07) is 26.8. The Labute approximate surface area is 262 Å². The minimum absolute atomic E-state index is 0.0702. The summed E-state index contributed by atoms with van der Waals surface area (Å²) in [5, 5.41) is 13.6. The summed E-state index contributed by atoms with van der Waals surface area (Å²) in [5.41, 5.74) is 4.08. The Kier molecular flexibility index (Phi) is 9.37. The quantitative estimate of drug-likeness (QED) is 0.156. The first-order valence-electron chi connectivity index (χ1n) is 14.5. The highest BCUT2D eigenvalue weighted by molar-refractivity contribution is 5.73. The largest absolute Gasteiger partial charge is 0.497 e. The number of benzene rings is 3. The number of methoxy groups -OCH3 is 1. The van der Waals surface area contributed by atoms with Crippen LogP contribution < -0.4 is 14.8 Å². The van der Waals surface area contributed by atoms with Gasteiger partial charge >= 0.3 is 12.0 Å². The molecule has 0 saturated carbocycles. The summed E-state index contributed by atoms with van der Waals surface area (Å²) in [5.74, 6) is -1.58. The molecule has 2 atom stereocenters. The van der Waals surface area contributed by atoms with Gasteiger partial charge in [0.1, 0.15) is 17.3 Å². The zero-order chi connectivity index (χ0) is 32.0. The molecule has 2 unspecified atom stereocenters. The average molecular weight is 607 g/mol. The fourth-order valence-electron chi connectivity index (χ4n) is 5.23. The summed E-state index contributed by atoms with van der Waals surface area (Å²) in [6.07, 6.45) is 3.32. The van der Waals surface area contributed by atoms with E-state index in [1.807, 2.05) is 75.4 Å². The first-order chi connectivity index (χ1) is 21.6. The zero-order valence-electron chi connectivity index (χ0n) is 25.6. The second kappa shape index (κ2) is 13.5. The first-order valence-corrected chi connectivity index (χ1v) is 14.5. The van der Waals surface area contributed by atoms with E-state index in [1.165, 1.54) is 12.1 Å². The van der Waals surface area contributed by atoms with Gasteiger partial charge in [-0.3, -0.25) is 9.78 Å². The third-order valence-electron chi connectivity index (χ3n) is 7.49. The van der Waals surface area contributed by atoms with E-state index in [1.54, 1.807) is 43.8 Å². The molecule has 3 aromatic carbocycles. The fraction of sp³-hybridized carbons (Fsp3) is 0.222. The number of carbonyl (C=O) groups is 1. The van der Waals surface area contributed by atoms with Crippen molar-refractivity contribution in [2.75, 3.05) is 12.4 Å². The van der Waals surface area contributed by atoms with Gasteiger partial charge < -0.3 is 19.9 Å². The Balaban J connectivity index is 1.34. The van der Waals surface area contributed by atoms with Gasteiger partial charge in [-0.15, -0.1) is 0 Å². The Hall–Kier alpha value is -5.31. The Morgan fingerprint density at radius 3 is 2.33 bits per heavy atom. The van der Waals surface area contributed by atoms with Crippen LogP contribution >= 0.6 is 0 Å². The number of carboxylic acid groups (broad SMARTS) is 1. The highest BCUT2D eigenvalue weighted by Crippen LogP contribution is 2.42. The van der Waals surface area contributed by atoms with Crippen LogP contribution in [0.4, 0.5) is 10.1 Å². The maximum Gasteiger partial charge on any atom is 0.322 e. The molecule has 9 heteroatoms. The average Bonchev–Trinajstić information content (AvgIpc) is 3.03. The molecular formula is C36H35FN4O4. The lowest BCUT2D eigenvalue weighted by Gasteiger charge is -2.34. The van der Waals surface area contributed by atoms with Crippen molar-refractivity contribution in [1.29, 1.82) is 0 Å². The summed E-state index contributed by atoms with van der Waals surface area (Å²) in [6.45, 7) is 6.25. The second-order valence-electron chi connectivity index (χ2n) is 11.7. The minimum Gasteiger partial charge on any atom is -0.497 e. The van der Waals surface area contributed by atoms with Crippen molar-refractivity contribution in [3.63, 3.8) is 0 Å². The molecular weight excluding hydrogens is 571 g/mol. The fourth-order valence-corrected chi connectivity index (χ4v) is 5.23. The van der Waals surface area contributed by atoms with E-state index in [4.69, 9.17) is 9.47 Å². The van der Waals surface area contributed by atoms with Crippen molar-refractivity contribution in [3.8, 4) is 28.8 Å². The van der Waals surface area contributed by atoms with E-state index in [9.17, 15) is 14.3 Å². The summed E-state index contributed by atoms with van der Waals surface area (Å²) in [4.78, 5) is 26.1. The van der Waals surface area contributed by atoms with E-state index in [0.717, 1.165) is 28.3 Å². The molecule has 5 rings (SSSR count). The van der Waals surface area contributed by atoms with E-state index in [0.29, 0.717) is 23.6 Å². The molecule has 0 spiro atoms. The molecule has 0 aliphatic heterocycles. The van der Waals surface area contributed by atoms with Gasteiger partial charge in [0.2, 0.25) is 0 Å². The topological polar surface area (TPSA) is 106 Å². The van der Waals surface area contributed by atoms with Crippen molar-refractivity contribution >= 4 is 11.7 Å². The van der Waals surface area contributed by atoms with Crippen LogP contribution in [0.3, 0.4) is 0 Å². The van der Waals surface area contributed by atoms with Gasteiger partial charge in [-0.1, -0.05) is 57.2 Å². The number of aliphatic carboxylic acids is 1. The van der Waals surface area contributed by atoms with Crippen molar-refractivity contribution in [2.45, 2.75) is 33.2 Å². The third-order valence-corrected chi connectivity index (χ3v) is 7.49. The highest BCUT2D eigenvalue weighted by atomic mass is 19.1. The normalized spacial score (nSPS) is 12.6. The van der Waals surface area contributed by atoms with Gasteiger partial charge in [-0.25, -0.2) is 9.37 Å². The van der Waals surface area contributed by atoms with Gasteiger partial charge in [0.25, 0.3) is 0 Å². The van der Waals surface area contributed by atoms with Gasteiger partial charge in [0.05, 0.1) is 36.3 Å². The second-order valence-corrected chi connectivity index (χ2v) is 11.7. The number of halogens is 1. The molecule has 45 heavy (non-hydrogen) atoms. The van der Waals surface area contributed by atoms with Crippen LogP contribution in [0.1, 0.15) is 43.5 Å². The number of anilines is 1. The molecule has 0 amide bonds. The molecule has 230 valence electrons. The predicted octanol–water partition coefficient (Wildman–Crippen LogP) is 7.97. The number of hydrogen-bond donors (Lipinski definition) is 2. The number of ether oxygens (including phenoxy) is 2. The molecule has 0 saturated heterocycles. The van der Waals surface area contributed by atoms with E-state index >= 15 is 0 Å². The Morgan fingerprint density at radius 2 is 1.69 bits per heavy atom. The van der Waals surface area contributed by atoms with Crippen LogP contribution in [0.15, 0.2) is 103 Å². The maximum atomic E-state index is 13.8. The van der Waals surface area contributed by atoms with E-state index in [2.05, 4.69) is 20.3 Å². The minimum atomic E-state index is -0.972. The summed E-state index contributed by atoms with van der Waals surface area (Å²) >= 11 is 0. The van der Waals surface area contributed by atoms with Crippen molar-refractivity contribution in [1.82, 2.24) is 15.0 Å². The molecule has 8 nitrogen and oxygen atoms in total. The number of aromatic nitrogens is 3. The Bertz CT molecular complexity index is 1740. The molecule has 0 radical (unpaired) electrons. The standard InChI is InChI=1S/C36H35FN4O4/c1-36(2,3)33(34(42)43)32(24-10-12-26(37)13-11-24)31-18-19-38-35(41-31)45-29-7-5-6-25(20-29)30-17-14-27(22-40-30)39-21-23-8-15-28(44-4)16-9-23/h5-20,22,32-33,39H,21H2,1-4H3,(H,42,43). The van der Waals surface area contributed by atoms with E-state index < -0.39 is 29.0 Å². The molecule has 5 aromatic rings. The predicted molar refractivity (Wildman–Crippen MR) is 171 cm³/mol. The van der Waals surface area contributed by atoms with Crippen LogP contribution in [-0.2, 0) is 11.3 Å². The van der Waals surface area contributed by atoms with Crippen LogP contribution in [0, 0.1) is 17.2 Å². The molecule has 2 N–H and O–H groups in total. The number of rotatable bonds is 11. The van der Waals surface area contributed by atoms with Gasteiger partial charge in [-0.05, 0) is 71.1 Å². The lowest BCUT2D eigenvalue weighted by molar-refractivity contribution is -0.146.